The van der Waals surface area contributed by atoms with Gasteiger partial charge in [0, 0.05) is 12.1 Å². The van der Waals surface area contributed by atoms with Crippen molar-refractivity contribution < 1.29 is 9.47 Å². The molecule has 0 spiro atoms. The molecule has 1 fully saturated rings. The zero-order chi connectivity index (χ0) is 11.8. The van der Waals surface area contributed by atoms with Crippen molar-refractivity contribution in [1.82, 2.24) is 4.90 Å². The first-order valence-corrected chi connectivity index (χ1v) is 5.51. The average molecular weight is 221 g/mol. The minimum Gasteiger partial charge on any atom is -0.496 e. The van der Waals surface area contributed by atoms with Crippen molar-refractivity contribution in [2.75, 3.05) is 27.8 Å². The molecule has 1 aromatic carbocycles. The van der Waals surface area contributed by atoms with Crippen LogP contribution in [0.15, 0.2) is 18.2 Å². The van der Waals surface area contributed by atoms with Crippen molar-refractivity contribution in [3.8, 4) is 5.75 Å². The average Bonchev–Trinajstić information content (AvgIpc) is 2.97. The van der Waals surface area contributed by atoms with E-state index in [1.807, 2.05) is 6.07 Å². The molecule has 1 aliphatic rings. The minimum atomic E-state index is -0.0622. The quantitative estimate of drug-likeness (QED) is 0.727. The number of nitrogens with zero attached hydrogens (tertiary/aromatic N) is 1. The Balaban J connectivity index is 2.31. The molecular weight excluding hydrogens is 202 g/mol. The number of hydrogen-bond donors (Lipinski definition) is 0. The summed E-state index contributed by atoms with van der Waals surface area (Å²) < 4.78 is 10.8. The predicted octanol–water partition coefficient (Wildman–Crippen LogP) is 2.00. The van der Waals surface area contributed by atoms with Crippen molar-refractivity contribution in [2.24, 2.45) is 0 Å². The maximum atomic E-state index is 5.46. The van der Waals surface area contributed by atoms with Crippen LogP contribution in [0.2, 0.25) is 0 Å². The van der Waals surface area contributed by atoms with Crippen LogP contribution in [0.1, 0.15) is 18.1 Å². The lowest BCUT2D eigenvalue weighted by molar-refractivity contribution is 0.327. The second kappa shape index (κ2) is 4.07. The monoisotopic (exact) mass is 221 g/mol. The summed E-state index contributed by atoms with van der Waals surface area (Å²) in [6.45, 7) is 3.82. The van der Waals surface area contributed by atoms with Crippen LogP contribution in [0, 0.1) is 0 Å². The van der Waals surface area contributed by atoms with Gasteiger partial charge >= 0.3 is 0 Å². The Bertz CT molecular complexity index is 384. The van der Waals surface area contributed by atoms with Gasteiger partial charge in [-0.05, 0) is 38.7 Å². The summed E-state index contributed by atoms with van der Waals surface area (Å²) in [5.41, 5.74) is 2.39. The SMILES string of the molecule is COc1ccc(C2(C)CO2)cc1CN(C)C. The highest BCUT2D eigenvalue weighted by Gasteiger charge is 2.41. The fourth-order valence-electron chi connectivity index (χ4n) is 1.85. The summed E-state index contributed by atoms with van der Waals surface area (Å²) in [5, 5.41) is 0. The highest BCUT2D eigenvalue weighted by Crippen LogP contribution is 2.39. The molecule has 1 atom stereocenters. The lowest BCUT2D eigenvalue weighted by Crippen LogP contribution is -2.13. The third-order valence-corrected chi connectivity index (χ3v) is 2.95. The van der Waals surface area contributed by atoms with Crippen LogP contribution in [-0.2, 0) is 16.9 Å². The summed E-state index contributed by atoms with van der Waals surface area (Å²) in [6.07, 6.45) is 0. The Labute approximate surface area is 97.0 Å². The van der Waals surface area contributed by atoms with E-state index in [1.54, 1.807) is 7.11 Å². The van der Waals surface area contributed by atoms with Gasteiger partial charge < -0.3 is 14.4 Å². The van der Waals surface area contributed by atoms with Gasteiger partial charge in [0.15, 0.2) is 0 Å². The lowest BCUT2D eigenvalue weighted by atomic mass is 9.99. The van der Waals surface area contributed by atoms with Crippen molar-refractivity contribution in [2.45, 2.75) is 19.1 Å². The largest absolute Gasteiger partial charge is 0.496 e. The zero-order valence-electron chi connectivity index (χ0n) is 10.4. The van der Waals surface area contributed by atoms with Crippen molar-refractivity contribution in [3.63, 3.8) is 0 Å². The van der Waals surface area contributed by atoms with E-state index in [0.717, 1.165) is 18.9 Å². The van der Waals surface area contributed by atoms with Crippen LogP contribution < -0.4 is 4.74 Å². The van der Waals surface area contributed by atoms with E-state index in [9.17, 15) is 0 Å². The normalized spacial score (nSPS) is 23.6. The van der Waals surface area contributed by atoms with Gasteiger partial charge in [-0.3, -0.25) is 0 Å². The molecule has 0 N–H and O–H groups in total. The number of hydrogen-bond acceptors (Lipinski definition) is 3. The van der Waals surface area contributed by atoms with Gasteiger partial charge in [0.25, 0.3) is 0 Å². The van der Waals surface area contributed by atoms with Crippen LogP contribution in [0.3, 0.4) is 0 Å². The summed E-state index contributed by atoms with van der Waals surface area (Å²) >= 11 is 0. The smallest absolute Gasteiger partial charge is 0.123 e. The van der Waals surface area contributed by atoms with E-state index < -0.39 is 0 Å². The van der Waals surface area contributed by atoms with Crippen LogP contribution in [-0.4, -0.2) is 32.7 Å². The van der Waals surface area contributed by atoms with Crippen molar-refractivity contribution >= 4 is 0 Å². The zero-order valence-corrected chi connectivity index (χ0v) is 10.4. The summed E-state index contributed by atoms with van der Waals surface area (Å²) in [6, 6.07) is 6.30. The number of rotatable bonds is 4. The molecule has 0 amide bonds. The topological polar surface area (TPSA) is 25.0 Å². The van der Waals surface area contributed by atoms with E-state index in [1.165, 1.54) is 11.1 Å². The summed E-state index contributed by atoms with van der Waals surface area (Å²) in [4.78, 5) is 2.14. The fraction of sp³-hybridized carbons (Fsp3) is 0.538. The first kappa shape index (κ1) is 11.4. The molecular formula is C13H19NO2. The number of methoxy groups -OCH3 is 1. The Morgan fingerprint density at radius 2 is 2.12 bits per heavy atom. The van der Waals surface area contributed by atoms with E-state index in [4.69, 9.17) is 9.47 Å². The highest BCUT2D eigenvalue weighted by atomic mass is 16.6. The molecule has 2 rings (SSSR count). The highest BCUT2D eigenvalue weighted by molar-refractivity contribution is 5.40. The lowest BCUT2D eigenvalue weighted by Gasteiger charge is -2.16. The molecule has 3 heteroatoms. The number of epoxide rings is 1. The molecule has 1 unspecified atom stereocenters. The third kappa shape index (κ3) is 2.20. The minimum absolute atomic E-state index is 0.0622. The van der Waals surface area contributed by atoms with Crippen molar-refractivity contribution in [3.05, 3.63) is 29.3 Å². The molecule has 0 aromatic heterocycles. The first-order chi connectivity index (χ1) is 7.55. The first-order valence-electron chi connectivity index (χ1n) is 5.51. The molecule has 0 bridgehead atoms. The Hall–Kier alpha value is -1.06. The third-order valence-electron chi connectivity index (χ3n) is 2.95. The van der Waals surface area contributed by atoms with Gasteiger partial charge in [-0.25, -0.2) is 0 Å². The molecule has 1 aromatic rings. The van der Waals surface area contributed by atoms with Gasteiger partial charge in [0.05, 0.1) is 13.7 Å². The Kier molecular flexibility index (Phi) is 2.91. The second-order valence-electron chi connectivity index (χ2n) is 4.78. The van der Waals surface area contributed by atoms with Gasteiger partial charge in [0.1, 0.15) is 11.4 Å². The molecule has 0 radical (unpaired) electrons. The fourth-order valence-corrected chi connectivity index (χ4v) is 1.85. The number of benzene rings is 1. The molecule has 16 heavy (non-hydrogen) atoms. The van der Waals surface area contributed by atoms with Crippen LogP contribution in [0.5, 0.6) is 5.75 Å². The number of ether oxygens (including phenoxy) is 2. The predicted molar refractivity (Wildman–Crippen MR) is 63.7 cm³/mol. The molecule has 0 saturated carbocycles. The maximum Gasteiger partial charge on any atom is 0.123 e. The molecule has 1 heterocycles. The maximum absolute atomic E-state index is 5.46. The van der Waals surface area contributed by atoms with E-state index in [-0.39, 0.29) is 5.60 Å². The van der Waals surface area contributed by atoms with Crippen LogP contribution >= 0.6 is 0 Å². The molecule has 1 aliphatic heterocycles. The van der Waals surface area contributed by atoms with Crippen LogP contribution in [0.25, 0.3) is 0 Å². The van der Waals surface area contributed by atoms with E-state index in [0.29, 0.717) is 0 Å². The van der Waals surface area contributed by atoms with Gasteiger partial charge in [-0.1, -0.05) is 6.07 Å². The second-order valence-corrected chi connectivity index (χ2v) is 4.78. The van der Waals surface area contributed by atoms with E-state index >= 15 is 0 Å². The summed E-state index contributed by atoms with van der Waals surface area (Å²) in [5.74, 6) is 0.946. The van der Waals surface area contributed by atoms with E-state index in [2.05, 4.69) is 38.1 Å². The molecule has 1 saturated heterocycles. The van der Waals surface area contributed by atoms with Gasteiger partial charge in [-0.2, -0.15) is 0 Å². The standard InChI is InChI=1S/C13H19NO2/c1-13(9-16-13)11-5-6-12(15-4)10(7-11)8-14(2)3/h5-7H,8-9H2,1-4H3. The summed E-state index contributed by atoms with van der Waals surface area (Å²) in [7, 11) is 5.83. The Morgan fingerprint density at radius 3 is 2.62 bits per heavy atom. The van der Waals surface area contributed by atoms with Gasteiger partial charge in [-0.15, -0.1) is 0 Å². The van der Waals surface area contributed by atoms with Crippen molar-refractivity contribution in [1.29, 1.82) is 0 Å². The molecule has 3 nitrogen and oxygen atoms in total. The van der Waals surface area contributed by atoms with Gasteiger partial charge in [0.2, 0.25) is 0 Å². The Morgan fingerprint density at radius 1 is 1.44 bits per heavy atom. The van der Waals surface area contributed by atoms with Crippen LogP contribution in [0.4, 0.5) is 0 Å². The molecule has 0 aliphatic carbocycles. The molecule has 88 valence electrons.